The fourth-order valence-corrected chi connectivity index (χ4v) is 4.78. The maximum absolute atomic E-state index is 13.1. The Morgan fingerprint density at radius 3 is 2.85 bits per heavy atom. The first-order valence-corrected chi connectivity index (χ1v) is 11.6. The number of aromatic nitrogens is 4. The average Bonchev–Trinajstić information content (AvgIpc) is 3.59. The Bertz CT molecular complexity index is 1680. The molecule has 1 aromatic carbocycles. The van der Waals surface area contributed by atoms with Crippen molar-refractivity contribution in [1.29, 1.82) is 0 Å². The van der Waals surface area contributed by atoms with Gasteiger partial charge in [-0.3, -0.25) is 19.4 Å². The van der Waals surface area contributed by atoms with Crippen LogP contribution in [0.25, 0.3) is 27.5 Å². The first-order valence-electron chi connectivity index (χ1n) is 10.7. The van der Waals surface area contributed by atoms with E-state index in [-0.39, 0.29) is 28.5 Å². The first kappa shape index (κ1) is 20.3. The molecule has 10 heteroatoms. The number of nitrogens with zero attached hydrogens (tertiary/aromatic N) is 3. The van der Waals surface area contributed by atoms with Crippen molar-refractivity contribution >= 4 is 34.0 Å². The molecule has 1 aliphatic carbocycles. The molecule has 5 aromatic rings. The first-order chi connectivity index (χ1) is 16.6. The van der Waals surface area contributed by atoms with E-state index in [4.69, 9.17) is 4.42 Å². The van der Waals surface area contributed by atoms with E-state index in [1.807, 2.05) is 17.5 Å². The standard InChI is InChI=1S/C24H17N5O4S/c30-17-12-19(33-18-8-2-1-5-14(17)18)23(32)26-21-11-16(20-9-4-10-34-20)28-29(21)24-25-15-7-3-6-13(15)22(31)27-24/h1-2,4-5,8-12H,3,6-7H2,(H,26,32)(H,25,27,31). The van der Waals surface area contributed by atoms with Crippen LogP contribution in [0.15, 0.2) is 67.9 Å². The number of aromatic amines is 1. The highest BCUT2D eigenvalue weighted by molar-refractivity contribution is 7.13. The molecule has 34 heavy (non-hydrogen) atoms. The minimum atomic E-state index is -0.620. The third-order valence-corrected chi connectivity index (χ3v) is 6.60. The fourth-order valence-electron chi connectivity index (χ4n) is 4.10. The van der Waals surface area contributed by atoms with Crippen molar-refractivity contribution in [2.45, 2.75) is 19.3 Å². The lowest BCUT2D eigenvalue weighted by atomic mass is 10.2. The number of para-hydroxylation sites is 1. The Hall–Kier alpha value is -4.31. The second-order valence-electron chi connectivity index (χ2n) is 7.90. The van der Waals surface area contributed by atoms with Crippen molar-refractivity contribution in [1.82, 2.24) is 19.7 Å². The molecule has 0 fully saturated rings. The van der Waals surface area contributed by atoms with Crippen LogP contribution in [0, 0.1) is 0 Å². The normalized spacial score (nSPS) is 12.7. The lowest BCUT2D eigenvalue weighted by molar-refractivity contribution is 0.0996. The van der Waals surface area contributed by atoms with Gasteiger partial charge < -0.3 is 9.73 Å². The summed E-state index contributed by atoms with van der Waals surface area (Å²) in [5.74, 6) is -0.260. The quantitative estimate of drug-likeness (QED) is 0.413. The van der Waals surface area contributed by atoms with Gasteiger partial charge in [0.05, 0.1) is 16.0 Å². The summed E-state index contributed by atoms with van der Waals surface area (Å²) in [4.78, 5) is 46.4. The Balaban J connectivity index is 1.44. The molecule has 0 spiro atoms. The van der Waals surface area contributed by atoms with E-state index < -0.39 is 5.91 Å². The zero-order chi connectivity index (χ0) is 23.2. The number of H-pyrrole nitrogens is 1. The summed E-state index contributed by atoms with van der Waals surface area (Å²) >= 11 is 1.49. The Labute approximate surface area is 195 Å². The lowest BCUT2D eigenvalue weighted by Gasteiger charge is -2.09. The molecule has 0 radical (unpaired) electrons. The van der Waals surface area contributed by atoms with E-state index in [2.05, 4.69) is 20.4 Å². The van der Waals surface area contributed by atoms with Crippen LogP contribution in [0.5, 0.6) is 0 Å². The molecule has 0 atom stereocenters. The second kappa shape index (κ2) is 7.92. The molecular weight excluding hydrogens is 454 g/mol. The summed E-state index contributed by atoms with van der Waals surface area (Å²) in [6, 6.07) is 13.4. The minimum Gasteiger partial charge on any atom is -0.451 e. The highest BCUT2D eigenvalue weighted by Gasteiger charge is 2.22. The summed E-state index contributed by atoms with van der Waals surface area (Å²) < 4.78 is 7.06. The number of hydrogen-bond acceptors (Lipinski definition) is 7. The molecule has 2 N–H and O–H groups in total. The molecule has 0 aliphatic heterocycles. The van der Waals surface area contributed by atoms with Crippen LogP contribution < -0.4 is 16.3 Å². The number of carbonyl (C=O) groups is 1. The Kier molecular flexibility index (Phi) is 4.73. The van der Waals surface area contributed by atoms with E-state index in [9.17, 15) is 14.4 Å². The highest BCUT2D eigenvalue weighted by atomic mass is 32.1. The number of fused-ring (bicyclic) bond motifs is 2. The third kappa shape index (κ3) is 3.44. The molecule has 0 bridgehead atoms. The molecule has 168 valence electrons. The van der Waals surface area contributed by atoms with Crippen LogP contribution in [0.1, 0.15) is 28.2 Å². The number of anilines is 1. The SMILES string of the molecule is O=C(Nc1cc(-c2cccs2)nn1-c1nc2c(c(=O)[nH]1)CCC2)c1cc(=O)c2ccccc2o1. The number of aryl methyl sites for hydroxylation is 1. The van der Waals surface area contributed by atoms with Gasteiger partial charge >= 0.3 is 0 Å². The van der Waals surface area contributed by atoms with Gasteiger partial charge in [-0.05, 0) is 42.8 Å². The van der Waals surface area contributed by atoms with E-state index in [0.717, 1.165) is 29.5 Å². The van der Waals surface area contributed by atoms with E-state index in [0.29, 0.717) is 28.6 Å². The average molecular weight is 471 g/mol. The van der Waals surface area contributed by atoms with Gasteiger partial charge in [0, 0.05) is 17.7 Å². The van der Waals surface area contributed by atoms with Gasteiger partial charge in [0.1, 0.15) is 17.1 Å². The maximum Gasteiger partial charge on any atom is 0.292 e. The maximum atomic E-state index is 13.1. The van der Waals surface area contributed by atoms with E-state index in [1.54, 1.807) is 30.3 Å². The monoisotopic (exact) mass is 471 g/mol. The lowest BCUT2D eigenvalue weighted by Crippen LogP contribution is -2.21. The van der Waals surface area contributed by atoms with Gasteiger partial charge in [-0.1, -0.05) is 18.2 Å². The molecule has 6 rings (SSSR count). The highest BCUT2D eigenvalue weighted by Crippen LogP contribution is 2.28. The molecule has 0 saturated carbocycles. The second-order valence-corrected chi connectivity index (χ2v) is 8.85. The predicted molar refractivity (Wildman–Crippen MR) is 128 cm³/mol. The van der Waals surface area contributed by atoms with Gasteiger partial charge in [-0.25, -0.2) is 4.98 Å². The van der Waals surface area contributed by atoms with Gasteiger partial charge in [-0.2, -0.15) is 9.78 Å². The fraction of sp³-hybridized carbons (Fsp3) is 0.125. The van der Waals surface area contributed by atoms with E-state index in [1.165, 1.54) is 16.0 Å². The number of rotatable bonds is 4. The number of carbonyl (C=O) groups excluding carboxylic acids is 1. The van der Waals surface area contributed by atoms with Crippen molar-refractivity contribution in [3.63, 3.8) is 0 Å². The van der Waals surface area contributed by atoms with Gasteiger partial charge in [0.15, 0.2) is 11.2 Å². The third-order valence-electron chi connectivity index (χ3n) is 5.71. The van der Waals surface area contributed by atoms with Gasteiger partial charge in [-0.15, -0.1) is 11.3 Å². The number of nitrogens with one attached hydrogen (secondary N) is 2. The zero-order valence-corrected chi connectivity index (χ0v) is 18.5. The smallest absolute Gasteiger partial charge is 0.292 e. The zero-order valence-electron chi connectivity index (χ0n) is 17.7. The van der Waals surface area contributed by atoms with Crippen LogP contribution in [-0.4, -0.2) is 25.7 Å². The number of amides is 1. The van der Waals surface area contributed by atoms with Gasteiger partial charge in [0.25, 0.3) is 11.5 Å². The summed E-state index contributed by atoms with van der Waals surface area (Å²) in [5.41, 5.74) is 1.83. The topological polar surface area (TPSA) is 123 Å². The van der Waals surface area contributed by atoms with Crippen LogP contribution in [0.3, 0.4) is 0 Å². The van der Waals surface area contributed by atoms with Crippen LogP contribution in [-0.2, 0) is 12.8 Å². The van der Waals surface area contributed by atoms with Gasteiger partial charge in [0.2, 0.25) is 5.95 Å². The van der Waals surface area contributed by atoms with Crippen molar-refractivity contribution in [3.05, 3.63) is 91.5 Å². The van der Waals surface area contributed by atoms with Crippen LogP contribution in [0.2, 0.25) is 0 Å². The minimum absolute atomic E-state index is 0.135. The Morgan fingerprint density at radius 1 is 1.12 bits per heavy atom. The van der Waals surface area contributed by atoms with Crippen molar-refractivity contribution < 1.29 is 9.21 Å². The molecule has 1 aliphatic rings. The van der Waals surface area contributed by atoms with Crippen LogP contribution >= 0.6 is 11.3 Å². The molecule has 0 saturated heterocycles. The number of hydrogen-bond donors (Lipinski definition) is 2. The summed E-state index contributed by atoms with van der Waals surface area (Å²) in [6.45, 7) is 0. The van der Waals surface area contributed by atoms with Crippen LogP contribution in [0.4, 0.5) is 5.82 Å². The van der Waals surface area contributed by atoms with E-state index >= 15 is 0 Å². The summed E-state index contributed by atoms with van der Waals surface area (Å²) in [5, 5.41) is 9.66. The van der Waals surface area contributed by atoms with Crippen molar-refractivity contribution in [2.75, 3.05) is 5.32 Å². The molecule has 0 unspecified atom stereocenters. The largest absolute Gasteiger partial charge is 0.451 e. The summed E-state index contributed by atoms with van der Waals surface area (Å²) in [6.07, 6.45) is 2.29. The number of thiophene rings is 1. The molecule has 4 aromatic heterocycles. The molecule has 9 nitrogen and oxygen atoms in total. The molecule has 4 heterocycles. The molecular formula is C24H17N5O4S. The Morgan fingerprint density at radius 2 is 2.00 bits per heavy atom. The van der Waals surface area contributed by atoms with Crippen molar-refractivity contribution in [3.8, 4) is 16.5 Å². The van der Waals surface area contributed by atoms with Crippen molar-refractivity contribution in [2.24, 2.45) is 0 Å². The molecule has 1 amide bonds. The number of benzene rings is 1. The predicted octanol–water partition coefficient (Wildman–Crippen LogP) is 3.53. The summed E-state index contributed by atoms with van der Waals surface area (Å²) in [7, 11) is 0.